The van der Waals surface area contributed by atoms with Gasteiger partial charge < -0.3 is 16.0 Å². The minimum Gasteiger partial charge on any atom is -0.321 e. The molecule has 3 N–H and O–H groups in total. The highest BCUT2D eigenvalue weighted by molar-refractivity contribution is 8.00. The third-order valence-electron chi connectivity index (χ3n) is 7.51. The van der Waals surface area contributed by atoms with Crippen molar-refractivity contribution < 1.29 is 14.4 Å². The summed E-state index contributed by atoms with van der Waals surface area (Å²) in [5.74, 6) is -1.10. The van der Waals surface area contributed by atoms with E-state index in [4.69, 9.17) is 11.6 Å². The van der Waals surface area contributed by atoms with Crippen LogP contribution >= 0.6 is 34.7 Å². The van der Waals surface area contributed by atoms with E-state index in [1.165, 1.54) is 23.1 Å². The van der Waals surface area contributed by atoms with Crippen molar-refractivity contribution in [2.75, 3.05) is 10.6 Å². The number of aromatic nitrogens is 1. The van der Waals surface area contributed by atoms with Crippen LogP contribution in [0.3, 0.4) is 0 Å². The fourth-order valence-electron chi connectivity index (χ4n) is 4.91. The average Bonchev–Trinajstić information content (AvgIpc) is 3.61. The number of hydrogen-bond acceptors (Lipinski definition) is 6. The maximum Gasteiger partial charge on any atom is 0.272 e. The summed E-state index contributed by atoms with van der Waals surface area (Å²) in [7, 11) is 0. The van der Waals surface area contributed by atoms with Gasteiger partial charge in [-0.1, -0.05) is 103 Å². The lowest BCUT2D eigenvalue weighted by molar-refractivity contribution is -0.115. The zero-order valence-electron chi connectivity index (χ0n) is 26.8. The van der Waals surface area contributed by atoms with E-state index in [9.17, 15) is 14.4 Å². The first kappa shape index (κ1) is 34.4. The van der Waals surface area contributed by atoms with Crippen molar-refractivity contribution in [3.05, 3.63) is 161 Å². The summed E-state index contributed by atoms with van der Waals surface area (Å²) in [6.45, 7) is 1.81. The van der Waals surface area contributed by atoms with Crippen LogP contribution in [0, 0.1) is 0 Å². The number of halogens is 1. The molecule has 0 bridgehead atoms. The maximum absolute atomic E-state index is 13.7. The van der Waals surface area contributed by atoms with Gasteiger partial charge in [0.25, 0.3) is 11.8 Å². The zero-order chi connectivity index (χ0) is 34.9. The van der Waals surface area contributed by atoms with Gasteiger partial charge in [-0.25, -0.2) is 4.98 Å². The molecule has 0 fully saturated rings. The second-order valence-corrected chi connectivity index (χ2v) is 13.9. The number of thioether (sulfide) groups is 1. The normalized spacial score (nSPS) is 11.8. The number of carbonyl (C=O) groups excluding carboxylic acids is 3. The maximum atomic E-state index is 13.7. The lowest BCUT2D eigenvalue weighted by Gasteiger charge is -2.14. The molecule has 50 heavy (non-hydrogen) atoms. The van der Waals surface area contributed by atoms with Gasteiger partial charge in [0.1, 0.15) is 5.70 Å². The first-order valence-corrected chi connectivity index (χ1v) is 17.8. The molecule has 0 aliphatic rings. The molecular weight excluding hydrogens is 684 g/mol. The lowest BCUT2D eigenvalue weighted by Crippen LogP contribution is -2.30. The van der Waals surface area contributed by atoms with Crippen LogP contribution in [-0.4, -0.2) is 28.0 Å². The van der Waals surface area contributed by atoms with Crippen LogP contribution in [0.15, 0.2) is 149 Å². The predicted molar refractivity (Wildman–Crippen MR) is 205 cm³/mol. The number of thiazole rings is 1. The molecular formula is C40H31ClN4O3S2. The summed E-state index contributed by atoms with van der Waals surface area (Å²) in [6.07, 6.45) is 1.65. The number of rotatable bonds is 11. The third-order valence-corrected chi connectivity index (χ3v) is 9.61. The molecule has 1 atom stereocenters. The van der Waals surface area contributed by atoms with Gasteiger partial charge in [0.15, 0.2) is 5.13 Å². The minimum absolute atomic E-state index is 0.0820. The SMILES string of the molecule is CC(Sc1cccc(NC(=O)/C(=C\c2ccc(-c3ccccc3)cc2)NC(=O)c2ccccc2)c1)C(=O)Nc1nc(-c2ccc(Cl)cc2)cs1. The standard InChI is InChI=1S/C40H31ClN4O3S2/c1-26(37(46)45-40-44-36(25-49-40)30-19-21-32(41)22-20-30)50-34-14-8-13-33(24-34)42-39(48)35(43-38(47)31-11-6-3-7-12-31)23-27-15-17-29(18-16-27)28-9-4-2-5-10-28/h2-26H,1H3,(H,42,48)(H,43,47)(H,44,45,46)/b35-23+. The number of benzene rings is 5. The first-order valence-electron chi connectivity index (χ1n) is 15.6. The van der Waals surface area contributed by atoms with Gasteiger partial charge in [0.05, 0.1) is 10.9 Å². The molecule has 0 aliphatic carbocycles. The van der Waals surface area contributed by atoms with E-state index in [0.29, 0.717) is 21.4 Å². The molecule has 6 aromatic rings. The molecule has 0 radical (unpaired) electrons. The Morgan fingerprint density at radius 2 is 1.42 bits per heavy atom. The molecule has 1 heterocycles. The van der Waals surface area contributed by atoms with Gasteiger partial charge in [-0.05, 0) is 72.2 Å². The molecule has 1 aromatic heterocycles. The Hall–Kier alpha value is -5.48. The summed E-state index contributed by atoms with van der Waals surface area (Å²) < 4.78 is 0. The van der Waals surface area contributed by atoms with Crippen molar-refractivity contribution in [2.45, 2.75) is 17.1 Å². The molecule has 5 aromatic carbocycles. The van der Waals surface area contributed by atoms with Crippen LogP contribution in [0.2, 0.25) is 5.02 Å². The Kier molecular flexibility index (Phi) is 11.2. The summed E-state index contributed by atoms with van der Waals surface area (Å²) in [6, 6.07) is 41.0. The summed E-state index contributed by atoms with van der Waals surface area (Å²) in [5, 5.41) is 11.2. The predicted octanol–water partition coefficient (Wildman–Crippen LogP) is 9.66. The van der Waals surface area contributed by atoms with Gasteiger partial charge in [-0.15, -0.1) is 23.1 Å². The fraction of sp³-hybridized carbons (Fsp3) is 0.0500. The number of nitrogens with zero attached hydrogens (tertiary/aromatic N) is 1. The lowest BCUT2D eigenvalue weighted by atomic mass is 10.0. The van der Waals surface area contributed by atoms with E-state index in [1.807, 2.05) is 91.2 Å². The molecule has 0 saturated heterocycles. The number of carbonyl (C=O) groups is 3. The van der Waals surface area contributed by atoms with Gasteiger partial charge in [-0.3, -0.25) is 14.4 Å². The topological polar surface area (TPSA) is 100 Å². The number of nitrogens with one attached hydrogen (secondary N) is 3. The molecule has 1 unspecified atom stereocenters. The Morgan fingerprint density at radius 1 is 0.760 bits per heavy atom. The molecule has 10 heteroatoms. The van der Waals surface area contributed by atoms with E-state index in [-0.39, 0.29) is 11.6 Å². The van der Waals surface area contributed by atoms with Crippen LogP contribution in [0.1, 0.15) is 22.8 Å². The Bertz CT molecular complexity index is 2140. The van der Waals surface area contributed by atoms with E-state index < -0.39 is 17.1 Å². The first-order chi connectivity index (χ1) is 24.3. The molecule has 7 nitrogen and oxygen atoms in total. The Balaban J connectivity index is 1.14. The van der Waals surface area contributed by atoms with Crippen LogP contribution < -0.4 is 16.0 Å². The molecule has 0 saturated carbocycles. The van der Waals surface area contributed by atoms with Crippen LogP contribution in [0.25, 0.3) is 28.5 Å². The number of anilines is 2. The van der Waals surface area contributed by atoms with Crippen molar-refractivity contribution in [1.29, 1.82) is 0 Å². The summed E-state index contributed by atoms with van der Waals surface area (Å²) in [4.78, 5) is 45.2. The zero-order valence-corrected chi connectivity index (χ0v) is 29.2. The van der Waals surface area contributed by atoms with Gasteiger partial charge in [0, 0.05) is 32.1 Å². The summed E-state index contributed by atoms with van der Waals surface area (Å²) in [5.41, 5.74) is 5.54. The van der Waals surface area contributed by atoms with Crippen LogP contribution in [-0.2, 0) is 9.59 Å². The molecule has 6 rings (SSSR count). The fourth-order valence-corrected chi connectivity index (χ4v) is 6.68. The smallest absolute Gasteiger partial charge is 0.272 e. The summed E-state index contributed by atoms with van der Waals surface area (Å²) >= 11 is 8.69. The largest absolute Gasteiger partial charge is 0.321 e. The highest BCUT2D eigenvalue weighted by atomic mass is 35.5. The minimum atomic E-state index is -0.491. The van der Waals surface area contributed by atoms with E-state index >= 15 is 0 Å². The van der Waals surface area contributed by atoms with E-state index in [1.54, 1.807) is 60.7 Å². The van der Waals surface area contributed by atoms with Gasteiger partial charge in [-0.2, -0.15) is 0 Å². The molecule has 3 amide bonds. The highest BCUT2D eigenvalue weighted by Crippen LogP contribution is 2.29. The number of amides is 3. The van der Waals surface area contributed by atoms with Crippen molar-refractivity contribution in [3.8, 4) is 22.4 Å². The third kappa shape index (κ3) is 9.15. The van der Waals surface area contributed by atoms with Crippen molar-refractivity contribution >= 4 is 69.3 Å². The average molecular weight is 715 g/mol. The number of hydrogen-bond donors (Lipinski definition) is 3. The van der Waals surface area contributed by atoms with Crippen molar-refractivity contribution in [2.24, 2.45) is 0 Å². The molecule has 248 valence electrons. The quantitative estimate of drug-likeness (QED) is 0.0917. The molecule has 0 aliphatic heterocycles. The molecule has 0 spiro atoms. The van der Waals surface area contributed by atoms with Gasteiger partial charge >= 0.3 is 0 Å². The highest BCUT2D eigenvalue weighted by Gasteiger charge is 2.18. The van der Waals surface area contributed by atoms with Crippen molar-refractivity contribution in [3.63, 3.8) is 0 Å². The van der Waals surface area contributed by atoms with Crippen molar-refractivity contribution in [1.82, 2.24) is 10.3 Å². The van der Waals surface area contributed by atoms with Crippen LogP contribution in [0.4, 0.5) is 10.8 Å². The Morgan fingerprint density at radius 3 is 2.14 bits per heavy atom. The second kappa shape index (κ2) is 16.3. The van der Waals surface area contributed by atoms with E-state index in [0.717, 1.165) is 32.8 Å². The van der Waals surface area contributed by atoms with Gasteiger partial charge in [0.2, 0.25) is 5.91 Å². The monoisotopic (exact) mass is 714 g/mol. The Labute approximate surface area is 303 Å². The van der Waals surface area contributed by atoms with E-state index in [2.05, 4.69) is 20.9 Å². The van der Waals surface area contributed by atoms with Crippen LogP contribution in [0.5, 0.6) is 0 Å². The second-order valence-electron chi connectivity index (χ2n) is 11.1.